The maximum absolute atomic E-state index is 12.6. The van der Waals surface area contributed by atoms with Crippen LogP contribution in [0.25, 0.3) is 10.8 Å². The molecule has 0 aliphatic rings. The monoisotopic (exact) mass is 532 g/mol. The number of nitrogens with one attached hydrogen (secondary N) is 1. The van der Waals surface area contributed by atoms with Crippen LogP contribution in [0.4, 0.5) is 0 Å². The van der Waals surface area contributed by atoms with Gasteiger partial charge in [0, 0.05) is 0 Å². The molecule has 7 nitrogen and oxygen atoms in total. The van der Waals surface area contributed by atoms with Crippen molar-refractivity contribution in [2.75, 3.05) is 20.3 Å². The number of amides is 1. The lowest BCUT2D eigenvalue weighted by Gasteiger charge is -2.09. The molecule has 0 saturated heterocycles. The van der Waals surface area contributed by atoms with E-state index in [9.17, 15) is 9.59 Å². The van der Waals surface area contributed by atoms with Crippen LogP contribution in [-0.4, -0.2) is 38.4 Å². The highest BCUT2D eigenvalue weighted by atomic mass is 127. The molecule has 0 saturated carbocycles. The number of esters is 1. The van der Waals surface area contributed by atoms with Crippen molar-refractivity contribution in [3.8, 4) is 11.5 Å². The summed E-state index contributed by atoms with van der Waals surface area (Å²) in [5.41, 5.74) is 3.69. The van der Waals surface area contributed by atoms with Gasteiger partial charge in [0.2, 0.25) is 0 Å². The number of hydrogen-bond acceptors (Lipinski definition) is 6. The second-order valence-corrected chi connectivity index (χ2v) is 7.54. The fourth-order valence-corrected chi connectivity index (χ4v) is 3.54. The van der Waals surface area contributed by atoms with Gasteiger partial charge >= 0.3 is 5.97 Å². The first-order chi connectivity index (χ1) is 15.0. The van der Waals surface area contributed by atoms with Gasteiger partial charge in [-0.15, -0.1) is 0 Å². The molecule has 1 amide bonds. The topological polar surface area (TPSA) is 86.2 Å². The Morgan fingerprint density at radius 1 is 1.06 bits per heavy atom. The van der Waals surface area contributed by atoms with E-state index in [0.29, 0.717) is 23.7 Å². The van der Waals surface area contributed by atoms with Crippen LogP contribution >= 0.6 is 22.6 Å². The maximum Gasteiger partial charge on any atom is 0.344 e. The first kappa shape index (κ1) is 22.5. The van der Waals surface area contributed by atoms with Gasteiger partial charge in [0.25, 0.3) is 5.91 Å². The molecule has 0 fully saturated rings. The molecule has 0 aliphatic heterocycles. The van der Waals surface area contributed by atoms with E-state index in [1.807, 2.05) is 36.4 Å². The molecule has 0 heterocycles. The van der Waals surface area contributed by atoms with Crippen molar-refractivity contribution >= 4 is 51.5 Å². The molecule has 8 heteroatoms. The molecule has 3 rings (SSSR count). The second-order valence-electron chi connectivity index (χ2n) is 6.38. The number of nitrogens with zero attached hydrogens (tertiary/aromatic N) is 1. The van der Waals surface area contributed by atoms with Gasteiger partial charge in [0.05, 0.1) is 29.1 Å². The SMILES string of the molecule is CCOC(=O)COc1ccc(/C=N\NC(=O)c2cc3ccccc3cc2OC)cc1I. The minimum absolute atomic E-state index is 0.152. The molecule has 0 aliphatic carbocycles. The molecule has 31 heavy (non-hydrogen) atoms. The Morgan fingerprint density at radius 3 is 2.48 bits per heavy atom. The van der Waals surface area contributed by atoms with Crippen molar-refractivity contribution in [3.05, 3.63) is 69.3 Å². The van der Waals surface area contributed by atoms with Crippen LogP contribution in [0, 0.1) is 3.57 Å². The van der Waals surface area contributed by atoms with Gasteiger partial charge in [-0.2, -0.15) is 5.10 Å². The van der Waals surface area contributed by atoms with Gasteiger partial charge in [-0.25, -0.2) is 10.2 Å². The van der Waals surface area contributed by atoms with E-state index in [1.54, 1.807) is 25.1 Å². The zero-order chi connectivity index (χ0) is 22.2. The van der Waals surface area contributed by atoms with Crippen molar-refractivity contribution in [2.45, 2.75) is 6.92 Å². The minimum atomic E-state index is -0.421. The maximum atomic E-state index is 12.6. The fourth-order valence-electron chi connectivity index (χ4n) is 2.85. The zero-order valence-electron chi connectivity index (χ0n) is 17.1. The van der Waals surface area contributed by atoms with Gasteiger partial charge in [0.15, 0.2) is 6.61 Å². The van der Waals surface area contributed by atoms with E-state index < -0.39 is 5.97 Å². The summed E-state index contributed by atoms with van der Waals surface area (Å²) in [6.07, 6.45) is 1.53. The average molecular weight is 532 g/mol. The number of benzene rings is 3. The Kier molecular flexibility index (Phi) is 7.82. The summed E-state index contributed by atoms with van der Waals surface area (Å²) >= 11 is 2.10. The number of carbonyl (C=O) groups is 2. The smallest absolute Gasteiger partial charge is 0.344 e. The van der Waals surface area contributed by atoms with Crippen molar-refractivity contribution in [3.63, 3.8) is 0 Å². The first-order valence-electron chi connectivity index (χ1n) is 9.50. The van der Waals surface area contributed by atoms with Crippen LogP contribution in [-0.2, 0) is 9.53 Å². The summed E-state index contributed by atoms with van der Waals surface area (Å²) in [6, 6.07) is 16.7. The van der Waals surface area contributed by atoms with Gasteiger partial charge in [-0.3, -0.25) is 4.79 Å². The summed E-state index contributed by atoms with van der Waals surface area (Å²) in [4.78, 5) is 24.0. The lowest BCUT2D eigenvalue weighted by Crippen LogP contribution is -2.18. The van der Waals surface area contributed by atoms with Crippen LogP contribution in [0.1, 0.15) is 22.8 Å². The molecule has 160 valence electrons. The van der Waals surface area contributed by atoms with Crippen molar-refractivity contribution in [1.82, 2.24) is 5.43 Å². The molecule has 0 unspecified atom stereocenters. The Labute approximate surface area is 193 Å². The first-order valence-corrected chi connectivity index (χ1v) is 10.6. The van der Waals surface area contributed by atoms with E-state index in [-0.39, 0.29) is 12.5 Å². The molecule has 3 aromatic rings. The highest BCUT2D eigenvalue weighted by molar-refractivity contribution is 14.1. The summed E-state index contributed by atoms with van der Waals surface area (Å²) in [5, 5.41) is 5.97. The molecular weight excluding hydrogens is 511 g/mol. The molecule has 0 atom stereocenters. The Balaban J connectivity index is 1.66. The number of carbonyl (C=O) groups excluding carboxylic acids is 2. The molecular formula is C23H21IN2O5. The largest absolute Gasteiger partial charge is 0.496 e. The molecule has 0 aromatic heterocycles. The van der Waals surface area contributed by atoms with Crippen LogP contribution in [0.5, 0.6) is 11.5 Å². The number of hydrazone groups is 1. The number of rotatable bonds is 8. The predicted molar refractivity (Wildman–Crippen MR) is 127 cm³/mol. The molecule has 0 radical (unpaired) electrons. The molecule has 3 aromatic carbocycles. The summed E-state index contributed by atoms with van der Waals surface area (Å²) in [6.45, 7) is 1.90. The fraction of sp³-hybridized carbons (Fsp3) is 0.174. The van der Waals surface area contributed by atoms with E-state index >= 15 is 0 Å². The summed E-state index contributed by atoms with van der Waals surface area (Å²) < 4.78 is 16.5. The zero-order valence-corrected chi connectivity index (χ0v) is 19.2. The van der Waals surface area contributed by atoms with E-state index in [0.717, 1.165) is 19.9 Å². The molecule has 0 spiro atoms. The lowest BCUT2D eigenvalue weighted by molar-refractivity contribution is -0.145. The average Bonchev–Trinajstić information content (AvgIpc) is 2.77. The number of halogens is 1. The predicted octanol–water partition coefficient (Wildman–Crippen LogP) is 4.16. The minimum Gasteiger partial charge on any atom is -0.496 e. The van der Waals surface area contributed by atoms with Crippen LogP contribution in [0.15, 0.2) is 59.7 Å². The number of fused-ring (bicyclic) bond motifs is 1. The van der Waals surface area contributed by atoms with Crippen molar-refractivity contribution < 1.29 is 23.8 Å². The van der Waals surface area contributed by atoms with Crippen molar-refractivity contribution in [1.29, 1.82) is 0 Å². The van der Waals surface area contributed by atoms with Crippen LogP contribution in [0.2, 0.25) is 0 Å². The Hall–Kier alpha value is -3.14. The normalized spacial score (nSPS) is 10.8. The Bertz CT molecular complexity index is 1130. The quantitative estimate of drug-likeness (QED) is 0.204. The molecule has 0 bridgehead atoms. The van der Waals surface area contributed by atoms with Gasteiger partial charge < -0.3 is 14.2 Å². The number of methoxy groups -OCH3 is 1. The summed E-state index contributed by atoms with van der Waals surface area (Å²) in [7, 11) is 1.53. The third-order valence-electron chi connectivity index (χ3n) is 4.30. The highest BCUT2D eigenvalue weighted by Crippen LogP contribution is 2.26. The third-order valence-corrected chi connectivity index (χ3v) is 5.14. The Morgan fingerprint density at radius 2 is 1.81 bits per heavy atom. The third kappa shape index (κ3) is 5.94. The standard InChI is InChI=1S/C23H21IN2O5/c1-3-30-22(27)14-31-20-9-8-15(10-19(20)24)13-25-26-23(28)18-11-16-6-4-5-7-17(16)12-21(18)29-2/h4-13H,3,14H2,1-2H3,(H,26,28)/b25-13-. The second kappa shape index (κ2) is 10.8. The number of ether oxygens (including phenoxy) is 3. The highest BCUT2D eigenvalue weighted by Gasteiger charge is 2.13. The van der Waals surface area contributed by atoms with E-state index in [4.69, 9.17) is 14.2 Å². The van der Waals surface area contributed by atoms with E-state index in [2.05, 4.69) is 33.1 Å². The number of hydrogen-bond donors (Lipinski definition) is 1. The van der Waals surface area contributed by atoms with Crippen LogP contribution < -0.4 is 14.9 Å². The van der Waals surface area contributed by atoms with Gasteiger partial charge in [0.1, 0.15) is 11.5 Å². The van der Waals surface area contributed by atoms with Crippen LogP contribution in [0.3, 0.4) is 0 Å². The summed E-state index contributed by atoms with van der Waals surface area (Å²) in [5.74, 6) is 0.249. The van der Waals surface area contributed by atoms with Crippen molar-refractivity contribution in [2.24, 2.45) is 5.10 Å². The van der Waals surface area contributed by atoms with Gasteiger partial charge in [-0.1, -0.05) is 24.3 Å². The molecule has 1 N–H and O–H groups in total. The lowest BCUT2D eigenvalue weighted by atomic mass is 10.1. The van der Waals surface area contributed by atoms with Gasteiger partial charge in [-0.05, 0) is 76.2 Å². The van der Waals surface area contributed by atoms with E-state index in [1.165, 1.54) is 13.3 Å².